The molecule has 1 atom stereocenters. The highest BCUT2D eigenvalue weighted by Gasteiger charge is 2.34. The largest absolute Gasteiger partial charge is 0.353 e. The van der Waals surface area contributed by atoms with Gasteiger partial charge in [0.15, 0.2) is 11.6 Å². The van der Waals surface area contributed by atoms with Crippen molar-refractivity contribution >= 4 is 17.6 Å². The van der Waals surface area contributed by atoms with Crippen molar-refractivity contribution in [2.45, 2.75) is 51.7 Å². The summed E-state index contributed by atoms with van der Waals surface area (Å²) < 4.78 is 28.6. The summed E-state index contributed by atoms with van der Waals surface area (Å²) in [6.07, 6.45) is 4.51. The third kappa shape index (κ3) is 5.17. The molecule has 1 N–H and O–H groups in total. The van der Waals surface area contributed by atoms with E-state index >= 15 is 0 Å². The van der Waals surface area contributed by atoms with Crippen molar-refractivity contribution in [1.29, 1.82) is 0 Å². The topological polar surface area (TPSA) is 57.6 Å². The van der Waals surface area contributed by atoms with Gasteiger partial charge in [-0.15, -0.1) is 0 Å². The number of rotatable bonds is 8. The molecule has 1 heterocycles. The number of anilines is 1. The highest BCUT2D eigenvalue weighted by atomic mass is 19.2. The summed E-state index contributed by atoms with van der Waals surface area (Å²) in [5, 5.41) is 2.57. The Balaban J connectivity index is 1.72. The number of hydrogen-bond acceptors (Lipinski definition) is 2. The lowest BCUT2D eigenvalue weighted by Gasteiger charge is -2.31. The molecule has 162 valence electrons. The first-order chi connectivity index (χ1) is 14.3. The van der Waals surface area contributed by atoms with Gasteiger partial charge in [-0.2, -0.15) is 0 Å². The number of urea groups is 1. The first-order valence-corrected chi connectivity index (χ1v) is 10.2. The van der Waals surface area contributed by atoms with Crippen LogP contribution in [0.15, 0.2) is 36.5 Å². The van der Waals surface area contributed by atoms with Gasteiger partial charge >= 0.3 is 6.03 Å². The SMILES string of the molecule is CCC(C)N(CC(=O)N(Cc1cccn1C)C1CC1)C(=O)Nc1ccc(F)c(F)c1. The molecule has 3 rings (SSSR count). The van der Waals surface area contributed by atoms with Gasteiger partial charge in [-0.05, 0) is 50.5 Å². The van der Waals surface area contributed by atoms with E-state index in [9.17, 15) is 18.4 Å². The Labute approximate surface area is 175 Å². The third-order valence-electron chi connectivity index (χ3n) is 5.55. The van der Waals surface area contributed by atoms with Crippen LogP contribution >= 0.6 is 0 Å². The molecule has 1 saturated carbocycles. The molecule has 1 unspecified atom stereocenters. The van der Waals surface area contributed by atoms with Crippen molar-refractivity contribution in [3.05, 3.63) is 53.9 Å². The van der Waals surface area contributed by atoms with E-state index in [0.717, 1.165) is 30.7 Å². The minimum Gasteiger partial charge on any atom is -0.353 e. The van der Waals surface area contributed by atoms with Crippen LogP contribution in [0.5, 0.6) is 0 Å². The summed E-state index contributed by atoms with van der Waals surface area (Å²) in [6.45, 7) is 4.20. The Morgan fingerprint density at radius 3 is 2.53 bits per heavy atom. The van der Waals surface area contributed by atoms with Crippen LogP contribution in [0.3, 0.4) is 0 Å². The zero-order valence-corrected chi connectivity index (χ0v) is 17.6. The second-order valence-corrected chi connectivity index (χ2v) is 7.81. The Hall–Kier alpha value is -2.90. The van der Waals surface area contributed by atoms with Crippen molar-refractivity contribution in [2.75, 3.05) is 11.9 Å². The van der Waals surface area contributed by atoms with E-state index < -0.39 is 17.7 Å². The lowest BCUT2D eigenvalue weighted by Crippen LogP contribution is -2.48. The number of benzene rings is 1. The Morgan fingerprint density at radius 1 is 1.23 bits per heavy atom. The van der Waals surface area contributed by atoms with Gasteiger partial charge in [-0.1, -0.05) is 6.92 Å². The number of aryl methyl sites for hydroxylation is 1. The minimum absolute atomic E-state index is 0.0779. The van der Waals surface area contributed by atoms with Gasteiger partial charge in [0.1, 0.15) is 6.54 Å². The Morgan fingerprint density at radius 2 is 1.97 bits per heavy atom. The maximum absolute atomic E-state index is 13.5. The van der Waals surface area contributed by atoms with Crippen LogP contribution in [-0.2, 0) is 18.4 Å². The van der Waals surface area contributed by atoms with Gasteiger partial charge in [0.05, 0.1) is 6.54 Å². The van der Waals surface area contributed by atoms with Gasteiger partial charge in [-0.3, -0.25) is 4.79 Å². The molecule has 30 heavy (non-hydrogen) atoms. The predicted octanol–water partition coefficient (Wildman–Crippen LogP) is 4.13. The first-order valence-electron chi connectivity index (χ1n) is 10.2. The lowest BCUT2D eigenvalue weighted by molar-refractivity contribution is -0.133. The van der Waals surface area contributed by atoms with E-state index in [-0.39, 0.29) is 30.2 Å². The van der Waals surface area contributed by atoms with E-state index in [1.165, 1.54) is 11.0 Å². The van der Waals surface area contributed by atoms with Crippen LogP contribution in [0.2, 0.25) is 0 Å². The van der Waals surface area contributed by atoms with E-state index in [2.05, 4.69) is 5.32 Å². The quantitative estimate of drug-likeness (QED) is 0.701. The molecule has 0 aliphatic heterocycles. The van der Waals surface area contributed by atoms with E-state index in [4.69, 9.17) is 0 Å². The monoisotopic (exact) mass is 418 g/mol. The van der Waals surface area contributed by atoms with Crippen molar-refractivity contribution in [1.82, 2.24) is 14.4 Å². The number of halogens is 2. The molecule has 1 aromatic carbocycles. The van der Waals surface area contributed by atoms with Crippen LogP contribution < -0.4 is 5.32 Å². The van der Waals surface area contributed by atoms with Gasteiger partial charge in [-0.25, -0.2) is 13.6 Å². The van der Waals surface area contributed by atoms with E-state index in [1.54, 1.807) is 0 Å². The smallest absolute Gasteiger partial charge is 0.322 e. The number of carbonyl (C=O) groups excluding carboxylic acids is 2. The van der Waals surface area contributed by atoms with Gasteiger partial charge in [0.25, 0.3) is 0 Å². The highest BCUT2D eigenvalue weighted by molar-refractivity contribution is 5.92. The molecule has 1 aliphatic rings. The summed E-state index contributed by atoms with van der Waals surface area (Å²) >= 11 is 0. The highest BCUT2D eigenvalue weighted by Crippen LogP contribution is 2.29. The van der Waals surface area contributed by atoms with Gasteiger partial charge in [0.2, 0.25) is 5.91 Å². The van der Waals surface area contributed by atoms with Crippen LogP contribution in [-0.4, -0.2) is 44.9 Å². The molecule has 2 aromatic rings. The fourth-order valence-corrected chi connectivity index (χ4v) is 3.30. The molecule has 0 bridgehead atoms. The lowest BCUT2D eigenvalue weighted by atomic mass is 10.2. The summed E-state index contributed by atoms with van der Waals surface area (Å²) in [6, 6.07) is 6.57. The summed E-state index contributed by atoms with van der Waals surface area (Å²) in [5.74, 6) is -2.15. The molecule has 0 radical (unpaired) electrons. The standard InChI is InChI=1S/C22H28F2N4O2/c1-4-15(2)27(22(30)25-16-7-10-19(23)20(24)12-16)14-21(29)28(17-8-9-17)13-18-6-5-11-26(18)3/h5-7,10-12,15,17H,4,8-9,13-14H2,1-3H3,(H,25,30). The first kappa shape index (κ1) is 21.8. The van der Waals surface area contributed by atoms with Crippen LogP contribution in [0, 0.1) is 11.6 Å². The number of aromatic nitrogens is 1. The van der Waals surface area contributed by atoms with Crippen LogP contribution in [0.1, 0.15) is 38.8 Å². The van der Waals surface area contributed by atoms with E-state index in [1.807, 2.05) is 48.7 Å². The van der Waals surface area contributed by atoms with Crippen molar-refractivity contribution < 1.29 is 18.4 Å². The molecule has 0 saturated heterocycles. The number of nitrogens with zero attached hydrogens (tertiary/aromatic N) is 3. The molecule has 6 nitrogen and oxygen atoms in total. The average molecular weight is 418 g/mol. The van der Waals surface area contributed by atoms with E-state index in [0.29, 0.717) is 13.0 Å². The number of amides is 3. The van der Waals surface area contributed by atoms with Crippen LogP contribution in [0.25, 0.3) is 0 Å². The second-order valence-electron chi connectivity index (χ2n) is 7.81. The minimum atomic E-state index is -1.04. The summed E-state index contributed by atoms with van der Waals surface area (Å²) in [7, 11) is 1.94. The van der Waals surface area contributed by atoms with Gasteiger partial charge < -0.3 is 19.7 Å². The Kier molecular flexibility index (Phi) is 6.74. The maximum Gasteiger partial charge on any atom is 0.322 e. The van der Waals surface area contributed by atoms with Gasteiger partial charge in [0, 0.05) is 42.8 Å². The van der Waals surface area contributed by atoms with Crippen molar-refractivity contribution in [2.24, 2.45) is 7.05 Å². The normalized spacial score (nSPS) is 14.3. The number of nitrogens with one attached hydrogen (secondary N) is 1. The average Bonchev–Trinajstić information content (AvgIpc) is 3.48. The Bertz CT molecular complexity index is 910. The molecular weight excluding hydrogens is 390 g/mol. The predicted molar refractivity (Wildman–Crippen MR) is 111 cm³/mol. The third-order valence-corrected chi connectivity index (χ3v) is 5.55. The van der Waals surface area contributed by atoms with Crippen LogP contribution in [0.4, 0.5) is 19.3 Å². The molecule has 1 fully saturated rings. The second kappa shape index (κ2) is 9.28. The fraction of sp³-hybridized carbons (Fsp3) is 0.455. The van der Waals surface area contributed by atoms with Crippen molar-refractivity contribution in [3.8, 4) is 0 Å². The fourth-order valence-electron chi connectivity index (χ4n) is 3.30. The molecule has 1 aliphatic carbocycles. The molecule has 8 heteroatoms. The zero-order valence-electron chi connectivity index (χ0n) is 17.6. The summed E-state index contributed by atoms with van der Waals surface area (Å²) in [4.78, 5) is 29.3. The summed E-state index contributed by atoms with van der Waals surface area (Å²) in [5.41, 5.74) is 1.17. The number of hydrogen-bond donors (Lipinski definition) is 1. The molecule has 3 amide bonds. The molecular formula is C22H28F2N4O2. The molecule has 1 aromatic heterocycles. The maximum atomic E-state index is 13.5. The zero-order chi connectivity index (χ0) is 21.8. The molecule has 0 spiro atoms. The number of carbonyl (C=O) groups is 2. The van der Waals surface area contributed by atoms with Crippen molar-refractivity contribution in [3.63, 3.8) is 0 Å².